The van der Waals surface area contributed by atoms with Gasteiger partial charge in [0.25, 0.3) is 6.43 Å². The lowest BCUT2D eigenvalue weighted by molar-refractivity contribution is 0.0535. The first-order chi connectivity index (χ1) is 11.9. The summed E-state index contributed by atoms with van der Waals surface area (Å²) in [7, 11) is 0. The molecular weight excluding hydrogens is 423 g/mol. The molecule has 0 fully saturated rings. The Kier molecular flexibility index (Phi) is 5.01. The summed E-state index contributed by atoms with van der Waals surface area (Å²) in [5, 5.41) is 0.618. The first-order valence-corrected chi connectivity index (χ1v) is 8.20. The van der Waals surface area contributed by atoms with Gasteiger partial charge in [-0.1, -0.05) is 33.6 Å². The third-order valence-corrected chi connectivity index (χ3v) is 4.17. The van der Waals surface area contributed by atoms with Gasteiger partial charge >= 0.3 is 5.69 Å². The van der Waals surface area contributed by atoms with Crippen molar-refractivity contribution < 1.29 is 13.2 Å². The molecule has 1 aromatic heterocycles. The number of H-pyrrole nitrogens is 1. The van der Waals surface area contributed by atoms with E-state index in [0.29, 0.717) is 14.4 Å². The van der Waals surface area contributed by atoms with Gasteiger partial charge in [0, 0.05) is 20.6 Å². The molecule has 130 valence electrons. The molecule has 3 rings (SSSR count). The van der Waals surface area contributed by atoms with Gasteiger partial charge in [-0.05, 0) is 36.4 Å². The highest BCUT2D eigenvalue weighted by molar-refractivity contribution is 9.10. The lowest BCUT2D eigenvalue weighted by atomic mass is 10.2. The summed E-state index contributed by atoms with van der Waals surface area (Å²) in [6, 6.07) is 10.6. The van der Waals surface area contributed by atoms with Crippen molar-refractivity contribution in [2.75, 3.05) is 4.90 Å². The van der Waals surface area contributed by atoms with E-state index in [1.165, 1.54) is 30.3 Å². The number of halogens is 5. The Balaban J connectivity index is 2.30. The second kappa shape index (κ2) is 7.05. The highest BCUT2D eigenvalue weighted by Gasteiger charge is 2.31. The topological polar surface area (TPSA) is 49.0 Å². The Morgan fingerprint density at radius 3 is 2.60 bits per heavy atom. The number of rotatable bonds is 4. The average molecular weight is 433 g/mol. The van der Waals surface area contributed by atoms with Crippen LogP contribution in [0.4, 0.5) is 24.7 Å². The lowest BCUT2D eigenvalue weighted by Crippen LogP contribution is -2.35. The minimum absolute atomic E-state index is 0.122. The molecule has 1 heterocycles. The standard InChI is InChI=1S/C16H10BrClF3N3O/c17-8-2-1-3-10(6-8)24(14(21)13(19)20)15-11-5-4-9(18)7-12(11)22-16(25)23-15/h1-7,13-14H,(H,22,23,25). The van der Waals surface area contributed by atoms with Crippen molar-refractivity contribution in [1.82, 2.24) is 9.97 Å². The second-order valence-corrected chi connectivity index (χ2v) is 6.46. The number of aromatic amines is 1. The largest absolute Gasteiger partial charge is 0.347 e. The molecule has 2 aromatic carbocycles. The van der Waals surface area contributed by atoms with Crippen molar-refractivity contribution in [2.45, 2.75) is 12.7 Å². The van der Waals surface area contributed by atoms with Crippen LogP contribution in [-0.4, -0.2) is 22.7 Å². The highest BCUT2D eigenvalue weighted by Crippen LogP contribution is 2.35. The minimum Gasteiger partial charge on any atom is -0.305 e. The van der Waals surface area contributed by atoms with E-state index in [9.17, 15) is 18.0 Å². The number of aromatic nitrogens is 2. The highest BCUT2D eigenvalue weighted by atomic mass is 79.9. The maximum atomic E-state index is 14.4. The van der Waals surface area contributed by atoms with Crippen LogP contribution in [-0.2, 0) is 0 Å². The number of nitrogens with zero attached hydrogens (tertiary/aromatic N) is 2. The van der Waals surface area contributed by atoms with Crippen molar-refractivity contribution in [3.05, 3.63) is 62.4 Å². The molecule has 0 radical (unpaired) electrons. The Labute approximate surface area is 153 Å². The van der Waals surface area contributed by atoms with Crippen molar-refractivity contribution >= 4 is 49.9 Å². The van der Waals surface area contributed by atoms with Crippen LogP contribution in [0.15, 0.2) is 51.7 Å². The van der Waals surface area contributed by atoms with Gasteiger partial charge in [-0.3, -0.25) is 4.90 Å². The van der Waals surface area contributed by atoms with E-state index < -0.39 is 18.4 Å². The summed E-state index contributed by atoms with van der Waals surface area (Å²) >= 11 is 9.12. The maximum Gasteiger partial charge on any atom is 0.347 e. The predicted octanol–water partition coefficient (Wildman–Crippen LogP) is 5.04. The van der Waals surface area contributed by atoms with Gasteiger partial charge in [0.15, 0.2) is 5.82 Å². The zero-order chi connectivity index (χ0) is 18.1. The first-order valence-electron chi connectivity index (χ1n) is 7.03. The number of hydrogen-bond donors (Lipinski definition) is 1. The summed E-state index contributed by atoms with van der Waals surface area (Å²) < 4.78 is 41.3. The zero-order valence-electron chi connectivity index (χ0n) is 12.4. The Hall–Kier alpha value is -2.06. The third-order valence-electron chi connectivity index (χ3n) is 3.44. The molecule has 0 bridgehead atoms. The quantitative estimate of drug-likeness (QED) is 0.588. The molecule has 1 N–H and O–H groups in total. The summed E-state index contributed by atoms with van der Waals surface area (Å²) in [6.45, 7) is 0. The number of alkyl halides is 3. The molecule has 0 amide bonds. The maximum absolute atomic E-state index is 14.4. The zero-order valence-corrected chi connectivity index (χ0v) is 14.7. The molecule has 1 unspecified atom stereocenters. The number of fused-ring (bicyclic) bond motifs is 1. The van der Waals surface area contributed by atoms with E-state index in [1.807, 2.05) is 0 Å². The van der Waals surface area contributed by atoms with Crippen LogP contribution in [0, 0.1) is 0 Å². The number of nitrogens with one attached hydrogen (secondary N) is 1. The van der Waals surface area contributed by atoms with Crippen LogP contribution in [0.5, 0.6) is 0 Å². The molecule has 9 heteroatoms. The molecule has 0 aliphatic carbocycles. The Morgan fingerprint density at radius 2 is 1.92 bits per heavy atom. The molecule has 4 nitrogen and oxygen atoms in total. The fraction of sp³-hybridized carbons (Fsp3) is 0.125. The molecule has 3 aromatic rings. The van der Waals surface area contributed by atoms with E-state index >= 15 is 0 Å². The van der Waals surface area contributed by atoms with Gasteiger partial charge in [-0.15, -0.1) is 0 Å². The minimum atomic E-state index is -3.30. The van der Waals surface area contributed by atoms with Gasteiger partial charge in [0.1, 0.15) is 0 Å². The van der Waals surface area contributed by atoms with E-state index in [-0.39, 0.29) is 22.4 Å². The van der Waals surface area contributed by atoms with E-state index in [4.69, 9.17) is 11.6 Å². The fourth-order valence-electron chi connectivity index (χ4n) is 2.42. The van der Waals surface area contributed by atoms with Crippen LogP contribution in [0.2, 0.25) is 5.02 Å². The molecule has 0 aliphatic rings. The van der Waals surface area contributed by atoms with Crippen LogP contribution in [0.1, 0.15) is 0 Å². The summed E-state index contributed by atoms with van der Waals surface area (Å²) in [4.78, 5) is 18.7. The van der Waals surface area contributed by atoms with Gasteiger partial charge in [-0.25, -0.2) is 18.0 Å². The van der Waals surface area contributed by atoms with Crippen LogP contribution < -0.4 is 10.6 Å². The summed E-state index contributed by atoms with van der Waals surface area (Å²) in [5.41, 5.74) is -0.410. The molecule has 0 saturated heterocycles. The van der Waals surface area contributed by atoms with Gasteiger partial charge in [0.2, 0.25) is 6.30 Å². The van der Waals surface area contributed by atoms with Crippen molar-refractivity contribution in [3.63, 3.8) is 0 Å². The van der Waals surface area contributed by atoms with Crippen LogP contribution in [0.25, 0.3) is 10.9 Å². The van der Waals surface area contributed by atoms with E-state index in [1.54, 1.807) is 12.1 Å². The van der Waals surface area contributed by atoms with E-state index in [0.717, 1.165) is 0 Å². The Morgan fingerprint density at radius 1 is 1.16 bits per heavy atom. The third kappa shape index (κ3) is 3.64. The Bertz CT molecular complexity index is 982. The number of hydrogen-bond acceptors (Lipinski definition) is 3. The molecule has 25 heavy (non-hydrogen) atoms. The van der Waals surface area contributed by atoms with E-state index in [2.05, 4.69) is 25.9 Å². The monoisotopic (exact) mass is 431 g/mol. The fourth-order valence-corrected chi connectivity index (χ4v) is 2.98. The van der Waals surface area contributed by atoms with Gasteiger partial charge in [0.05, 0.1) is 5.52 Å². The normalized spacial score (nSPS) is 12.6. The SMILES string of the molecule is O=c1nc(N(c2cccc(Br)c2)C(F)C(F)F)c2ccc(Cl)cc2[nH]1. The molecule has 0 spiro atoms. The summed E-state index contributed by atoms with van der Waals surface area (Å²) in [5.74, 6) is -0.221. The van der Waals surface area contributed by atoms with Crippen LogP contribution in [0.3, 0.4) is 0 Å². The molecule has 1 atom stereocenters. The predicted molar refractivity (Wildman–Crippen MR) is 94.6 cm³/mol. The second-order valence-electron chi connectivity index (χ2n) is 5.11. The van der Waals surface area contributed by atoms with Crippen molar-refractivity contribution in [1.29, 1.82) is 0 Å². The molecule has 0 saturated carbocycles. The average Bonchev–Trinajstić information content (AvgIpc) is 2.54. The molecular formula is C16H10BrClF3N3O. The number of benzene rings is 2. The van der Waals surface area contributed by atoms with Crippen molar-refractivity contribution in [3.8, 4) is 0 Å². The number of anilines is 2. The smallest absolute Gasteiger partial charge is 0.305 e. The summed E-state index contributed by atoms with van der Waals surface area (Å²) in [6.07, 6.45) is -6.00. The van der Waals surface area contributed by atoms with Crippen molar-refractivity contribution in [2.24, 2.45) is 0 Å². The van der Waals surface area contributed by atoms with Crippen LogP contribution >= 0.6 is 27.5 Å². The lowest BCUT2D eigenvalue weighted by Gasteiger charge is -2.28. The first kappa shape index (κ1) is 17.8. The molecule has 0 aliphatic heterocycles. The van der Waals surface area contributed by atoms with Gasteiger partial charge < -0.3 is 4.98 Å². The van der Waals surface area contributed by atoms with Gasteiger partial charge in [-0.2, -0.15) is 4.98 Å².